The van der Waals surface area contributed by atoms with E-state index in [9.17, 15) is 9.59 Å². The first-order chi connectivity index (χ1) is 15.0. The van der Waals surface area contributed by atoms with E-state index in [-0.39, 0.29) is 6.61 Å². The van der Waals surface area contributed by atoms with Crippen molar-refractivity contribution in [2.24, 2.45) is 0 Å². The van der Waals surface area contributed by atoms with Crippen LogP contribution < -0.4 is 15.6 Å². The van der Waals surface area contributed by atoms with Gasteiger partial charge < -0.3 is 9.14 Å². The zero-order valence-corrected chi connectivity index (χ0v) is 17.4. The number of aryl methyl sites for hydroxylation is 1. The molecule has 0 radical (unpaired) electrons. The molecule has 0 fully saturated rings. The van der Waals surface area contributed by atoms with Crippen molar-refractivity contribution >= 4 is 29.1 Å². The van der Waals surface area contributed by atoms with Gasteiger partial charge in [0, 0.05) is 28.5 Å². The van der Waals surface area contributed by atoms with Crippen LogP contribution in [0.25, 0.3) is 5.65 Å². The normalized spacial score (nSPS) is 10.6. The topological polar surface area (TPSA) is 84.7 Å². The smallest absolute Gasteiger partial charge is 0.269 e. The number of pyridine rings is 1. The van der Waals surface area contributed by atoms with Crippen molar-refractivity contribution in [3.8, 4) is 5.75 Å². The Morgan fingerprint density at radius 2 is 1.71 bits per heavy atom. The van der Waals surface area contributed by atoms with Crippen LogP contribution in [0.4, 0.5) is 0 Å². The zero-order chi connectivity index (χ0) is 21.8. The summed E-state index contributed by atoms with van der Waals surface area (Å²) in [7, 11) is 0. The third-order valence-corrected chi connectivity index (χ3v) is 4.78. The van der Waals surface area contributed by atoms with Crippen LogP contribution in [0.5, 0.6) is 5.75 Å². The summed E-state index contributed by atoms with van der Waals surface area (Å²) < 4.78 is 7.74. The van der Waals surface area contributed by atoms with Gasteiger partial charge in [0.2, 0.25) is 0 Å². The molecule has 4 rings (SSSR count). The summed E-state index contributed by atoms with van der Waals surface area (Å²) in [5.41, 5.74) is 8.25. The lowest BCUT2D eigenvalue weighted by Crippen LogP contribution is -2.41. The number of halogens is 1. The number of fused-ring (bicyclic) bond motifs is 1. The van der Waals surface area contributed by atoms with Crippen molar-refractivity contribution in [1.29, 1.82) is 0 Å². The average molecular weight is 435 g/mol. The van der Waals surface area contributed by atoms with E-state index < -0.39 is 11.8 Å². The number of aromatic nitrogens is 2. The summed E-state index contributed by atoms with van der Waals surface area (Å²) in [6.07, 6.45) is 3.90. The molecule has 2 heterocycles. The third-order valence-electron chi connectivity index (χ3n) is 4.53. The number of hydrogen-bond acceptors (Lipinski definition) is 4. The van der Waals surface area contributed by atoms with Crippen LogP contribution in [-0.2, 0) is 6.61 Å². The molecule has 0 aliphatic rings. The number of carbonyl (C=O) groups excluding carboxylic acids is 2. The molecule has 0 bridgehead atoms. The Kier molecular flexibility index (Phi) is 5.86. The SMILES string of the molecule is Cc1ccc2nc(COc3cccc(C(=O)NNC(=O)c4ccc(Cl)cc4)c3)cn2c1. The summed E-state index contributed by atoms with van der Waals surface area (Å²) in [5.74, 6) is -0.389. The standard InChI is InChI=1S/C23H19ClN4O3/c1-15-5-10-21-25-19(13-28(21)12-15)14-31-20-4-2-3-17(11-20)23(30)27-26-22(29)16-6-8-18(24)9-7-16/h2-13H,14H2,1H3,(H,26,29)(H,27,30). The molecule has 2 amide bonds. The second-order valence-corrected chi connectivity index (χ2v) is 7.37. The number of rotatable bonds is 5. The zero-order valence-electron chi connectivity index (χ0n) is 16.6. The number of hydrogen-bond donors (Lipinski definition) is 2. The fourth-order valence-electron chi connectivity index (χ4n) is 2.97. The van der Waals surface area contributed by atoms with E-state index in [1.165, 1.54) is 0 Å². The largest absolute Gasteiger partial charge is 0.487 e. The number of nitrogens with zero attached hydrogens (tertiary/aromatic N) is 2. The van der Waals surface area contributed by atoms with Crippen LogP contribution >= 0.6 is 11.6 Å². The highest BCUT2D eigenvalue weighted by atomic mass is 35.5. The fraction of sp³-hybridized carbons (Fsp3) is 0.0870. The molecule has 0 unspecified atom stereocenters. The summed E-state index contributed by atoms with van der Waals surface area (Å²) in [6, 6.07) is 17.0. The molecule has 8 heteroatoms. The fourth-order valence-corrected chi connectivity index (χ4v) is 3.09. The predicted octanol–water partition coefficient (Wildman–Crippen LogP) is 3.95. The van der Waals surface area contributed by atoms with Crippen LogP contribution in [0.15, 0.2) is 73.1 Å². The van der Waals surface area contributed by atoms with Gasteiger partial charge in [0.1, 0.15) is 18.0 Å². The molecular formula is C23H19ClN4O3. The lowest BCUT2D eigenvalue weighted by Gasteiger charge is -2.09. The molecule has 0 atom stereocenters. The first-order valence-corrected chi connectivity index (χ1v) is 9.89. The molecule has 0 saturated carbocycles. The first kappa shape index (κ1) is 20.4. The molecule has 0 aliphatic carbocycles. The Morgan fingerprint density at radius 3 is 2.48 bits per heavy atom. The lowest BCUT2D eigenvalue weighted by molar-refractivity contribution is 0.0846. The third kappa shape index (κ3) is 5.02. The minimum absolute atomic E-state index is 0.263. The van der Waals surface area contributed by atoms with E-state index in [0.717, 1.165) is 16.9 Å². The quantitative estimate of drug-likeness (QED) is 0.466. The van der Waals surface area contributed by atoms with Gasteiger partial charge >= 0.3 is 0 Å². The molecule has 0 aliphatic heterocycles. The molecular weight excluding hydrogens is 416 g/mol. The Morgan fingerprint density at radius 1 is 0.968 bits per heavy atom. The number of hydrazine groups is 1. The van der Waals surface area contributed by atoms with E-state index in [1.54, 1.807) is 48.5 Å². The van der Waals surface area contributed by atoms with Crippen LogP contribution in [0.2, 0.25) is 5.02 Å². The summed E-state index contributed by atoms with van der Waals surface area (Å²) in [4.78, 5) is 29.0. The van der Waals surface area contributed by atoms with E-state index >= 15 is 0 Å². The molecule has 2 aromatic heterocycles. The molecule has 0 spiro atoms. The van der Waals surface area contributed by atoms with Gasteiger partial charge in [-0.1, -0.05) is 23.7 Å². The van der Waals surface area contributed by atoms with E-state index in [4.69, 9.17) is 16.3 Å². The van der Waals surface area contributed by atoms with Crippen LogP contribution in [0.3, 0.4) is 0 Å². The second-order valence-electron chi connectivity index (χ2n) is 6.94. The lowest BCUT2D eigenvalue weighted by atomic mass is 10.2. The van der Waals surface area contributed by atoms with Crippen LogP contribution in [0, 0.1) is 6.92 Å². The number of ether oxygens (including phenoxy) is 1. The maximum Gasteiger partial charge on any atom is 0.269 e. The van der Waals surface area contributed by atoms with E-state index in [2.05, 4.69) is 15.8 Å². The average Bonchev–Trinajstić information content (AvgIpc) is 3.18. The predicted molar refractivity (Wildman–Crippen MR) is 117 cm³/mol. The van der Waals surface area contributed by atoms with Crippen LogP contribution in [0.1, 0.15) is 32.0 Å². The van der Waals surface area contributed by atoms with Crippen molar-refractivity contribution in [2.45, 2.75) is 13.5 Å². The Labute approximate surface area is 183 Å². The van der Waals surface area contributed by atoms with Gasteiger partial charge in [0.15, 0.2) is 0 Å². The number of nitrogens with one attached hydrogen (secondary N) is 2. The second kappa shape index (κ2) is 8.89. The van der Waals surface area contributed by atoms with Gasteiger partial charge in [-0.25, -0.2) is 4.98 Å². The summed E-state index contributed by atoms with van der Waals surface area (Å²) in [6.45, 7) is 2.28. The minimum Gasteiger partial charge on any atom is -0.487 e. The number of imidazole rings is 1. The Balaban J connectivity index is 1.36. The van der Waals surface area contributed by atoms with Gasteiger partial charge in [0.25, 0.3) is 11.8 Å². The van der Waals surface area contributed by atoms with Crippen molar-refractivity contribution in [1.82, 2.24) is 20.2 Å². The molecule has 0 saturated heterocycles. The molecule has 7 nitrogen and oxygen atoms in total. The number of carbonyl (C=O) groups is 2. The van der Waals surface area contributed by atoms with Gasteiger partial charge in [-0.2, -0.15) is 0 Å². The summed E-state index contributed by atoms with van der Waals surface area (Å²) >= 11 is 5.81. The van der Waals surface area contributed by atoms with Crippen molar-refractivity contribution in [2.75, 3.05) is 0 Å². The highest BCUT2D eigenvalue weighted by Crippen LogP contribution is 2.16. The maximum absolute atomic E-state index is 12.4. The highest BCUT2D eigenvalue weighted by Gasteiger charge is 2.10. The van der Waals surface area contributed by atoms with Crippen molar-refractivity contribution in [3.63, 3.8) is 0 Å². The monoisotopic (exact) mass is 434 g/mol. The maximum atomic E-state index is 12.4. The number of benzene rings is 2. The van der Waals surface area contributed by atoms with Gasteiger partial charge in [-0.05, 0) is 61.0 Å². The minimum atomic E-state index is -0.462. The van der Waals surface area contributed by atoms with Gasteiger partial charge in [-0.3, -0.25) is 20.4 Å². The molecule has 2 aromatic carbocycles. The van der Waals surface area contributed by atoms with Crippen molar-refractivity contribution < 1.29 is 14.3 Å². The molecule has 31 heavy (non-hydrogen) atoms. The van der Waals surface area contributed by atoms with E-state index in [1.807, 2.05) is 35.9 Å². The van der Waals surface area contributed by atoms with Crippen molar-refractivity contribution in [3.05, 3.63) is 100 Å². The molecule has 156 valence electrons. The highest BCUT2D eigenvalue weighted by molar-refractivity contribution is 6.30. The molecule has 4 aromatic rings. The van der Waals surface area contributed by atoms with E-state index in [0.29, 0.717) is 21.9 Å². The number of amides is 2. The van der Waals surface area contributed by atoms with Crippen LogP contribution in [-0.4, -0.2) is 21.2 Å². The molecule has 2 N–H and O–H groups in total. The first-order valence-electron chi connectivity index (χ1n) is 9.51. The Bertz CT molecular complexity index is 1250. The summed E-state index contributed by atoms with van der Waals surface area (Å²) in [5, 5.41) is 0.524. The Hall–Kier alpha value is -3.84. The van der Waals surface area contributed by atoms with Gasteiger partial charge in [0.05, 0.1) is 5.69 Å². The van der Waals surface area contributed by atoms with Gasteiger partial charge in [-0.15, -0.1) is 0 Å².